The van der Waals surface area contributed by atoms with Crippen LogP contribution in [0.3, 0.4) is 0 Å². The summed E-state index contributed by atoms with van der Waals surface area (Å²) in [6.07, 6.45) is 5.64. The van der Waals surface area contributed by atoms with Gasteiger partial charge in [0, 0.05) is 30.5 Å². The Kier molecular flexibility index (Phi) is 4.48. The molecule has 0 radical (unpaired) electrons. The predicted molar refractivity (Wildman–Crippen MR) is 102 cm³/mol. The Morgan fingerprint density at radius 2 is 2.16 bits per heavy atom. The lowest BCUT2D eigenvalue weighted by Gasteiger charge is -2.63. The molecule has 1 heterocycles. The van der Waals surface area contributed by atoms with Gasteiger partial charge in [-0.1, -0.05) is 30.7 Å². The number of hydrogen-bond donors (Lipinski definition) is 2. The monoisotopic (exact) mass is 341 g/mol. The molecule has 3 aliphatic rings. The normalized spacial score (nSPS) is 31.0. The largest absolute Gasteiger partial charge is 0.377 e. The third-order valence-electron chi connectivity index (χ3n) is 6.65. The first kappa shape index (κ1) is 16.9. The maximum Gasteiger partial charge on any atom is 0.191 e. The Morgan fingerprint density at radius 3 is 2.84 bits per heavy atom. The molecule has 4 unspecified atom stereocenters. The lowest BCUT2D eigenvalue weighted by molar-refractivity contribution is -0.171. The van der Waals surface area contributed by atoms with Crippen LogP contribution in [0.1, 0.15) is 56.7 Å². The summed E-state index contributed by atoms with van der Waals surface area (Å²) in [6.45, 7) is 8.22. The molecule has 0 amide bonds. The van der Waals surface area contributed by atoms with Crippen LogP contribution in [0, 0.1) is 18.3 Å². The van der Waals surface area contributed by atoms with Crippen LogP contribution in [0.4, 0.5) is 0 Å². The highest BCUT2D eigenvalue weighted by Crippen LogP contribution is 2.62. The van der Waals surface area contributed by atoms with Crippen molar-refractivity contribution in [3.63, 3.8) is 0 Å². The molecule has 4 nitrogen and oxygen atoms in total. The first-order chi connectivity index (χ1) is 12.2. The first-order valence-electron chi connectivity index (χ1n) is 9.90. The second kappa shape index (κ2) is 6.64. The number of guanidine groups is 1. The molecule has 0 bridgehead atoms. The van der Waals surface area contributed by atoms with Gasteiger partial charge in [0.25, 0.3) is 0 Å². The minimum Gasteiger partial charge on any atom is -0.377 e. The highest BCUT2D eigenvalue weighted by Gasteiger charge is 2.66. The highest BCUT2D eigenvalue weighted by molar-refractivity contribution is 5.81. The first-order valence-corrected chi connectivity index (χ1v) is 9.90. The number of hydrogen-bond acceptors (Lipinski definition) is 2. The maximum atomic E-state index is 6.05. The molecule has 2 aliphatic carbocycles. The number of nitrogens with one attached hydrogen (secondary N) is 2. The molecule has 1 aromatic carbocycles. The summed E-state index contributed by atoms with van der Waals surface area (Å²) in [5.74, 6) is 1.62. The average Bonchev–Trinajstić information content (AvgIpc) is 2.96. The molecule has 1 aliphatic heterocycles. The van der Waals surface area contributed by atoms with Crippen LogP contribution in [0.25, 0.3) is 0 Å². The van der Waals surface area contributed by atoms with Crippen LogP contribution < -0.4 is 10.6 Å². The molecular weight excluding hydrogens is 310 g/mol. The van der Waals surface area contributed by atoms with E-state index in [0.717, 1.165) is 19.1 Å². The second-order valence-corrected chi connectivity index (χ2v) is 8.00. The van der Waals surface area contributed by atoms with Crippen LogP contribution in [0.5, 0.6) is 0 Å². The lowest BCUT2D eigenvalue weighted by atomic mass is 9.46. The van der Waals surface area contributed by atoms with Crippen molar-refractivity contribution >= 4 is 5.96 Å². The number of benzene rings is 1. The van der Waals surface area contributed by atoms with E-state index < -0.39 is 0 Å². The molecule has 1 saturated heterocycles. The van der Waals surface area contributed by atoms with Crippen LogP contribution in [-0.2, 0) is 4.74 Å². The maximum absolute atomic E-state index is 6.05. The lowest BCUT2D eigenvalue weighted by Crippen LogP contribution is -2.72. The van der Waals surface area contributed by atoms with Crippen LogP contribution in [-0.4, -0.2) is 31.3 Å². The second-order valence-electron chi connectivity index (χ2n) is 8.00. The van der Waals surface area contributed by atoms with Gasteiger partial charge >= 0.3 is 0 Å². The Labute approximate surface area is 151 Å². The summed E-state index contributed by atoms with van der Waals surface area (Å²) < 4.78 is 6.05. The third-order valence-corrected chi connectivity index (χ3v) is 6.65. The molecule has 2 saturated carbocycles. The fraction of sp³-hybridized carbons (Fsp3) is 0.667. The Morgan fingerprint density at radius 1 is 1.36 bits per heavy atom. The molecule has 136 valence electrons. The van der Waals surface area contributed by atoms with Gasteiger partial charge in [-0.05, 0) is 51.2 Å². The average molecular weight is 341 g/mol. The Balaban J connectivity index is 1.47. The Hall–Kier alpha value is -1.55. The zero-order valence-corrected chi connectivity index (χ0v) is 15.7. The van der Waals surface area contributed by atoms with Gasteiger partial charge in [0.1, 0.15) is 0 Å². The fourth-order valence-corrected chi connectivity index (χ4v) is 5.25. The van der Waals surface area contributed by atoms with E-state index in [4.69, 9.17) is 9.73 Å². The van der Waals surface area contributed by atoms with Crippen molar-refractivity contribution in [1.82, 2.24) is 10.6 Å². The van der Waals surface area contributed by atoms with Gasteiger partial charge in [0.2, 0.25) is 0 Å². The number of fused-ring (bicyclic) bond motifs is 2. The summed E-state index contributed by atoms with van der Waals surface area (Å²) in [4.78, 5) is 4.73. The van der Waals surface area contributed by atoms with Gasteiger partial charge in [-0.3, -0.25) is 4.99 Å². The SMILES string of the molecule is CCN=C(NC(C)c1ccccc1C)NC1C2CCOC2C12CCC2. The van der Waals surface area contributed by atoms with Gasteiger partial charge in [0.05, 0.1) is 12.1 Å². The van der Waals surface area contributed by atoms with Crippen molar-refractivity contribution < 1.29 is 4.74 Å². The molecule has 2 N–H and O–H groups in total. The number of ether oxygens (including phenoxy) is 1. The number of rotatable bonds is 4. The number of aliphatic imine (C=N–C) groups is 1. The van der Waals surface area contributed by atoms with Crippen molar-refractivity contribution in [1.29, 1.82) is 0 Å². The molecule has 3 fully saturated rings. The van der Waals surface area contributed by atoms with Gasteiger partial charge in [0.15, 0.2) is 5.96 Å². The molecule has 4 rings (SSSR count). The van der Waals surface area contributed by atoms with Crippen LogP contribution in [0.15, 0.2) is 29.3 Å². The van der Waals surface area contributed by atoms with E-state index >= 15 is 0 Å². The van der Waals surface area contributed by atoms with Crippen LogP contribution in [0.2, 0.25) is 0 Å². The van der Waals surface area contributed by atoms with Crippen molar-refractivity contribution in [3.05, 3.63) is 35.4 Å². The van der Waals surface area contributed by atoms with E-state index in [1.807, 2.05) is 0 Å². The molecular formula is C21H31N3O. The standard InChI is InChI=1S/C21H31N3O/c1-4-22-20(23-15(3)16-9-6-5-8-14(16)2)24-18-17-10-13-25-19(17)21(18)11-7-12-21/h5-6,8-9,15,17-19H,4,7,10-13H2,1-3H3,(H2,22,23,24). The van der Waals surface area contributed by atoms with Crippen molar-refractivity contribution in [2.24, 2.45) is 16.3 Å². The van der Waals surface area contributed by atoms with E-state index in [9.17, 15) is 0 Å². The summed E-state index contributed by atoms with van der Waals surface area (Å²) in [5, 5.41) is 7.44. The zero-order chi connectivity index (χ0) is 17.4. The Bertz CT molecular complexity index is 652. The molecule has 1 spiro atoms. The van der Waals surface area contributed by atoms with Crippen molar-refractivity contribution in [2.45, 2.75) is 64.6 Å². The third kappa shape index (κ3) is 2.75. The van der Waals surface area contributed by atoms with Gasteiger partial charge in [-0.2, -0.15) is 0 Å². The van der Waals surface area contributed by atoms with Gasteiger partial charge < -0.3 is 15.4 Å². The van der Waals surface area contributed by atoms with Crippen molar-refractivity contribution in [3.8, 4) is 0 Å². The molecule has 0 aromatic heterocycles. The quantitative estimate of drug-likeness (QED) is 0.650. The summed E-state index contributed by atoms with van der Waals surface area (Å²) in [6, 6.07) is 9.35. The van der Waals surface area contributed by atoms with E-state index in [1.165, 1.54) is 36.8 Å². The molecule has 4 heteroatoms. The fourth-order valence-electron chi connectivity index (χ4n) is 5.25. The minimum absolute atomic E-state index is 0.243. The van der Waals surface area contributed by atoms with E-state index in [1.54, 1.807) is 0 Å². The summed E-state index contributed by atoms with van der Waals surface area (Å²) in [5.41, 5.74) is 3.03. The van der Waals surface area contributed by atoms with E-state index in [-0.39, 0.29) is 6.04 Å². The van der Waals surface area contributed by atoms with Crippen LogP contribution >= 0.6 is 0 Å². The van der Waals surface area contributed by atoms with E-state index in [0.29, 0.717) is 23.5 Å². The highest BCUT2D eigenvalue weighted by atomic mass is 16.5. The number of nitrogens with zero attached hydrogens (tertiary/aromatic N) is 1. The minimum atomic E-state index is 0.243. The van der Waals surface area contributed by atoms with Crippen molar-refractivity contribution in [2.75, 3.05) is 13.2 Å². The topological polar surface area (TPSA) is 45.7 Å². The van der Waals surface area contributed by atoms with Gasteiger partial charge in [-0.25, -0.2) is 0 Å². The predicted octanol–water partition coefficient (Wildman–Crippen LogP) is 3.57. The molecule has 1 aromatic rings. The number of aryl methyl sites for hydroxylation is 1. The summed E-state index contributed by atoms with van der Waals surface area (Å²) in [7, 11) is 0. The summed E-state index contributed by atoms with van der Waals surface area (Å²) >= 11 is 0. The smallest absolute Gasteiger partial charge is 0.191 e. The van der Waals surface area contributed by atoms with Gasteiger partial charge in [-0.15, -0.1) is 0 Å². The molecule has 25 heavy (non-hydrogen) atoms. The van der Waals surface area contributed by atoms with E-state index in [2.05, 4.69) is 55.7 Å². The zero-order valence-electron chi connectivity index (χ0n) is 15.7. The molecule has 4 atom stereocenters.